The standard InChI is InChI=1S/C19H23N7O/c1-25-11-14(9-23-25)17-10-22-18(20)19(24-17)26-8-4-6-16(12-26)27-13-15-5-2-3-7-21-15/h2-3,5,7,9-11,16H,4,6,8,12-13H2,1H3,(H2,20,22)/t16-/m0/s1. The Labute approximate surface area is 158 Å². The van der Waals surface area contributed by atoms with Crippen LogP contribution in [-0.2, 0) is 18.4 Å². The zero-order valence-corrected chi connectivity index (χ0v) is 15.3. The quantitative estimate of drug-likeness (QED) is 0.739. The van der Waals surface area contributed by atoms with Gasteiger partial charge in [0.05, 0.1) is 36.5 Å². The number of nitrogen functional groups attached to an aromatic ring is 1. The number of aryl methyl sites for hydroxylation is 1. The van der Waals surface area contributed by atoms with Gasteiger partial charge in [0.1, 0.15) is 0 Å². The van der Waals surface area contributed by atoms with Crippen molar-refractivity contribution in [2.75, 3.05) is 23.7 Å². The van der Waals surface area contributed by atoms with Crippen molar-refractivity contribution < 1.29 is 4.74 Å². The molecular formula is C19H23N7O. The minimum Gasteiger partial charge on any atom is -0.381 e. The monoisotopic (exact) mass is 365 g/mol. The third-order valence-electron chi connectivity index (χ3n) is 4.65. The van der Waals surface area contributed by atoms with Gasteiger partial charge >= 0.3 is 0 Å². The van der Waals surface area contributed by atoms with Gasteiger partial charge in [0.15, 0.2) is 11.6 Å². The molecular weight excluding hydrogens is 342 g/mol. The van der Waals surface area contributed by atoms with Crippen molar-refractivity contribution in [3.05, 3.63) is 48.7 Å². The molecule has 4 rings (SSSR count). The summed E-state index contributed by atoms with van der Waals surface area (Å²) in [7, 11) is 1.88. The lowest BCUT2D eigenvalue weighted by Crippen LogP contribution is -2.40. The molecule has 0 saturated carbocycles. The Hall–Kier alpha value is -3.00. The number of anilines is 2. The maximum Gasteiger partial charge on any atom is 0.172 e. The molecule has 1 fully saturated rings. The van der Waals surface area contributed by atoms with E-state index in [1.165, 1.54) is 0 Å². The fourth-order valence-electron chi connectivity index (χ4n) is 3.27. The van der Waals surface area contributed by atoms with Crippen LogP contribution in [0.4, 0.5) is 11.6 Å². The number of hydrogen-bond donors (Lipinski definition) is 1. The van der Waals surface area contributed by atoms with E-state index < -0.39 is 0 Å². The van der Waals surface area contributed by atoms with Crippen molar-refractivity contribution in [1.29, 1.82) is 0 Å². The van der Waals surface area contributed by atoms with Gasteiger partial charge in [0.2, 0.25) is 0 Å². The molecule has 0 spiro atoms. The number of nitrogens with two attached hydrogens (primary N) is 1. The Morgan fingerprint density at radius 3 is 2.96 bits per heavy atom. The van der Waals surface area contributed by atoms with Crippen LogP contribution in [0.1, 0.15) is 18.5 Å². The summed E-state index contributed by atoms with van der Waals surface area (Å²) < 4.78 is 7.82. The lowest BCUT2D eigenvalue weighted by atomic mass is 10.1. The third kappa shape index (κ3) is 4.06. The third-order valence-corrected chi connectivity index (χ3v) is 4.65. The minimum absolute atomic E-state index is 0.115. The second-order valence-electron chi connectivity index (χ2n) is 6.71. The van der Waals surface area contributed by atoms with Gasteiger partial charge in [-0.3, -0.25) is 9.67 Å². The van der Waals surface area contributed by atoms with E-state index in [-0.39, 0.29) is 6.10 Å². The summed E-state index contributed by atoms with van der Waals surface area (Å²) in [6.07, 6.45) is 9.31. The van der Waals surface area contributed by atoms with Crippen molar-refractivity contribution in [2.45, 2.75) is 25.6 Å². The summed E-state index contributed by atoms with van der Waals surface area (Å²) in [5, 5.41) is 4.20. The van der Waals surface area contributed by atoms with E-state index in [0.717, 1.165) is 42.9 Å². The lowest BCUT2D eigenvalue weighted by molar-refractivity contribution is 0.0297. The first-order valence-corrected chi connectivity index (χ1v) is 9.07. The molecule has 0 bridgehead atoms. The zero-order valence-electron chi connectivity index (χ0n) is 15.3. The summed E-state index contributed by atoms with van der Waals surface area (Å²) in [5.74, 6) is 1.15. The predicted molar refractivity (Wildman–Crippen MR) is 103 cm³/mol. The largest absolute Gasteiger partial charge is 0.381 e. The molecule has 1 saturated heterocycles. The molecule has 0 unspecified atom stereocenters. The first-order valence-electron chi connectivity index (χ1n) is 9.07. The molecule has 0 radical (unpaired) electrons. The SMILES string of the molecule is Cn1cc(-c2cnc(N)c(N3CCC[C@H](OCc4ccccn4)C3)n2)cn1. The normalized spacial score (nSPS) is 17.2. The van der Waals surface area contributed by atoms with Crippen LogP contribution in [0, 0.1) is 0 Å². The molecule has 8 heteroatoms. The highest BCUT2D eigenvalue weighted by atomic mass is 16.5. The van der Waals surface area contributed by atoms with E-state index in [1.54, 1.807) is 23.3 Å². The van der Waals surface area contributed by atoms with Gasteiger partial charge in [0, 0.05) is 38.1 Å². The Morgan fingerprint density at radius 1 is 1.26 bits per heavy atom. The van der Waals surface area contributed by atoms with Gasteiger partial charge in [-0.15, -0.1) is 0 Å². The van der Waals surface area contributed by atoms with E-state index in [4.69, 9.17) is 15.5 Å². The molecule has 8 nitrogen and oxygen atoms in total. The minimum atomic E-state index is 0.115. The van der Waals surface area contributed by atoms with Crippen LogP contribution in [0.3, 0.4) is 0 Å². The van der Waals surface area contributed by atoms with Crippen LogP contribution in [-0.4, -0.2) is 43.9 Å². The van der Waals surface area contributed by atoms with E-state index in [1.807, 2.05) is 31.4 Å². The molecule has 1 aliphatic heterocycles. The van der Waals surface area contributed by atoms with Crippen molar-refractivity contribution in [1.82, 2.24) is 24.7 Å². The van der Waals surface area contributed by atoms with E-state index >= 15 is 0 Å². The Morgan fingerprint density at radius 2 is 2.19 bits per heavy atom. The Kier molecular flexibility index (Phi) is 4.97. The Bertz CT molecular complexity index is 896. The smallest absolute Gasteiger partial charge is 0.172 e. The molecule has 2 N–H and O–H groups in total. The van der Waals surface area contributed by atoms with Crippen molar-refractivity contribution in [3.63, 3.8) is 0 Å². The topological polar surface area (TPSA) is 95.0 Å². The number of aromatic nitrogens is 5. The summed E-state index contributed by atoms with van der Waals surface area (Å²) in [5.41, 5.74) is 8.75. The van der Waals surface area contributed by atoms with Crippen LogP contribution in [0.15, 0.2) is 43.0 Å². The Balaban J connectivity index is 1.47. The fraction of sp³-hybridized carbons (Fsp3) is 0.368. The number of ether oxygens (including phenoxy) is 1. The van der Waals surface area contributed by atoms with Gasteiger partial charge < -0.3 is 15.4 Å². The first-order chi connectivity index (χ1) is 13.2. The maximum atomic E-state index is 6.13. The van der Waals surface area contributed by atoms with Gasteiger partial charge in [-0.1, -0.05) is 6.07 Å². The molecule has 4 heterocycles. The van der Waals surface area contributed by atoms with Gasteiger partial charge in [-0.2, -0.15) is 5.10 Å². The molecule has 3 aromatic rings. The van der Waals surface area contributed by atoms with E-state index in [0.29, 0.717) is 18.2 Å². The molecule has 3 aromatic heterocycles. The summed E-state index contributed by atoms with van der Waals surface area (Å²) in [6.45, 7) is 2.14. The molecule has 1 aliphatic rings. The first kappa shape index (κ1) is 17.4. The number of hydrogen-bond acceptors (Lipinski definition) is 7. The molecule has 0 aliphatic carbocycles. The van der Waals surface area contributed by atoms with Crippen LogP contribution >= 0.6 is 0 Å². The van der Waals surface area contributed by atoms with Crippen molar-refractivity contribution in [3.8, 4) is 11.3 Å². The number of rotatable bonds is 5. The highest BCUT2D eigenvalue weighted by Crippen LogP contribution is 2.27. The molecule has 0 aromatic carbocycles. The number of piperidine rings is 1. The predicted octanol–water partition coefficient (Wildman–Crippen LogP) is 2.04. The lowest BCUT2D eigenvalue weighted by Gasteiger charge is -2.33. The second kappa shape index (κ2) is 7.71. The van der Waals surface area contributed by atoms with Gasteiger partial charge in [-0.05, 0) is 25.0 Å². The second-order valence-corrected chi connectivity index (χ2v) is 6.71. The highest BCUT2D eigenvalue weighted by Gasteiger charge is 2.24. The zero-order chi connectivity index (χ0) is 18.6. The van der Waals surface area contributed by atoms with Crippen LogP contribution < -0.4 is 10.6 Å². The van der Waals surface area contributed by atoms with Crippen molar-refractivity contribution in [2.24, 2.45) is 7.05 Å². The molecule has 0 amide bonds. The maximum absolute atomic E-state index is 6.13. The highest BCUT2D eigenvalue weighted by molar-refractivity contribution is 5.65. The molecule has 140 valence electrons. The fourth-order valence-corrected chi connectivity index (χ4v) is 3.27. The van der Waals surface area contributed by atoms with E-state index in [2.05, 4.69) is 20.0 Å². The number of pyridine rings is 1. The summed E-state index contributed by atoms with van der Waals surface area (Å²) in [6, 6.07) is 5.85. The number of nitrogens with zero attached hydrogens (tertiary/aromatic N) is 6. The van der Waals surface area contributed by atoms with Gasteiger partial charge in [0.25, 0.3) is 0 Å². The molecule has 1 atom stereocenters. The molecule has 27 heavy (non-hydrogen) atoms. The van der Waals surface area contributed by atoms with Crippen LogP contribution in [0.2, 0.25) is 0 Å². The van der Waals surface area contributed by atoms with Crippen LogP contribution in [0.5, 0.6) is 0 Å². The van der Waals surface area contributed by atoms with Crippen LogP contribution in [0.25, 0.3) is 11.3 Å². The van der Waals surface area contributed by atoms with Crippen molar-refractivity contribution >= 4 is 11.6 Å². The van der Waals surface area contributed by atoms with E-state index in [9.17, 15) is 0 Å². The van der Waals surface area contributed by atoms with Gasteiger partial charge in [-0.25, -0.2) is 9.97 Å². The average molecular weight is 365 g/mol. The summed E-state index contributed by atoms with van der Waals surface area (Å²) >= 11 is 0. The average Bonchev–Trinajstić information content (AvgIpc) is 3.14. The summed E-state index contributed by atoms with van der Waals surface area (Å²) in [4.78, 5) is 15.6.